The zero-order chi connectivity index (χ0) is 18.8. The molecule has 27 heavy (non-hydrogen) atoms. The van der Waals surface area contributed by atoms with Crippen LogP contribution in [0.15, 0.2) is 54.6 Å². The van der Waals surface area contributed by atoms with Crippen molar-refractivity contribution in [2.24, 2.45) is 0 Å². The van der Waals surface area contributed by atoms with Crippen molar-refractivity contribution in [1.82, 2.24) is 24.2 Å². The average Bonchev–Trinajstić information content (AvgIpc) is 3.22. The molecule has 2 aromatic carbocycles. The summed E-state index contributed by atoms with van der Waals surface area (Å²) in [6.07, 6.45) is 0. The molecule has 4 aromatic rings. The molecule has 138 valence electrons. The van der Waals surface area contributed by atoms with Crippen LogP contribution in [0.1, 0.15) is 11.9 Å². The normalized spacial score (nSPS) is 11.5. The van der Waals surface area contributed by atoms with E-state index in [1.54, 1.807) is 11.3 Å². The van der Waals surface area contributed by atoms with Crippen molar-refractivity contribution in [2.75, 3.05) is 7.05 Å². The number of fused-ring (bicyclic) bond motifs is 1. The smallest absolute Gasteiger partial charge is 0.199 e. The SMILES string of the molecule is CCn1c(-c2ccccc2)nn(CN(C)Cc2nc3ccccc3s2)c1=S. The predicted octanol–water partition coefficient (Wildman–Crippen LogP) is 4.80. The molecule has 0 N–H and O–H groups in total. The van der Waals surface area contributed by atoms with Gasteiger partial charge >= 0.3 is 0 Å². The minimum atomic E-state index is 0.627. The van der Waals surface area contributed by atoms with Crippen LogP contribution in [-0.4, -0.2) is 31.3 Å². The van der Waals surface area contributed by atoms with Gasteiger partial charge in [-0.2, -0.15) is 5.10 Å². The summed E-state index contributed by atoms with van der Waals surface area (Å²) in [5, 5.41) is 5.89. The Hall–Kier alpha value is -2.35. The third kappa shape index (κ3) is 3.71. The van der Waals surface area contributed by atoms with Crippen molar-refractivity contribution >= 4 is 33.8 Å². The topological polar surface area (TPSA) is 38.9 Å². The number of thiazole rings is 1. The molecule has 0 amide bonds. The number of aromatic nitrogens is 4. The van der Waals surface area contributed by atoms with Crippen molar-refractivity contribution < 1.29 is 0 Å². The van der Waals surface area contributed by atoms with Crippen LogP contribution in [-0.2, 0) is 19.8 Å². The van der Waals surface area contributed by atoms with Gasteiger partial charge in [-0.05, 0) is 38.3 Å². The van der Waals surface area contributed by atoms with Crippen LogP contribution in [0.4, 0.5) is 0 Å². The van der Waals surface area contributed by atoms with Crippen LogP contribution in [0.5, 0.6) is 0 Å². The molecule has 2 aromatic heterocycles. The fourth-order valence-corrected chi connectivity index (χ4v) is 4.48. The van der Waals surface area contributed by atoms with E-state index in [2.05, 4.69) is 53.8 Å². The second kappa shape index (κ2) is 7.72. The molecule has 0 atom stereocenters. The molecule has 0 bridgehead atoms. The number of benzene rings is 2. The fourth-order valence-electron chi connectivity index (χ4n) is 3.12. The molecule has 0 spiro atoms. The average molecular weight is 396 g/mol. The highest BCUT2D eigenvalue weighted by atomic mass is 32.1. The van der Waals surface area contributed by atoms with Crippen LogP contribution >= 0.6 is 23.6 Å². The van der Waals surface area contributed by atoms with Crippen molar-refractivity contribution in [3.63, 3.8) is 0 Å². The second-order valence-electron chi connectivity index (χ2n) is 6.45. The molecule has 7 heteroatoms. The Labute approximate surface area is 167 Å². The molecule has 4 rings (SSSR count). The largest absolute Gasteiger partial charge is 0.300 e. The molecule has 0 aliphatic heterocycles. The van der Waals surface area contributed by atoms with E-state index in [1.807, 2.05) is 28.9 Å². The van der Waals surface area contributed by atoms with Gasteiger partial charge in [-0.25, -0.2) is 9.67 Å². The van der Waals surface area contributed by atoms with E-state index in [1.165, 1.54) is 4.70 Å². The first kappa shape index (κ1) is 18.0. The van der Waals surface area contributed by atoms with Gasteiger partial charge in [0.05, 0.1) is 23.4 Å². The number of para-hydroxylation sites is 1. The zero-order valence-corrected chi connectivity index (χ0v) is 17.0. The Morgan fingerprint density at radius 1 is 1.07 bits per heavy atom. The Morgan fingerprint density at radius 3 is 2.56 bits per heavy atom. The number of hydrogen-bond acceptors (Lipinski definition) is 5. The van der Waals surface area contributed by atoms with Crippen LogP contribution in [0.25, 0.3) is 21.6 Å². The standard InChI is InChI=1S/C20H21N5S2/c1-3-24-19(15-9-5-4-6-10-15)22-25(20(24)26)14-23(2)13-18-21-16-11-7-8-12-17(16)27-18/h4-12H,3,13-14H2,1-2H3. The summed E-state index contributed by atoms with van der Waals surface area (Å²) < 4.78 is 5.94. The van der Waals surface area contributed by atoms with Crippen LogP contribution in [0, 0.1) is 4.77 Å². The third-order valence-electron chi connectivity index (χ3n) is 4.39. The van der Waals surface area contributed by atoms with Crippen LogP contribution in [0.3, 0.4) is 0 Å². The van der Waals surface area contributed by atoms with Gasteiger partial charge in [0.15, 0.2) is 10.6 Å². The van der Waals surface area contributed by atoms with Crippen molar-refractivity contribution in [3.05, 3.63) is 64.4 Å². The Balaban J connectivity index is 1.56. The summed E-state index contributed by atoms with van der Waals surface area (Å²) in [4.78, 5) is 6.91. The highest BCUT2D eigenvalue weighted by Gasteiger charge is 2.13. The molecule has 0 fully saturated rings. The van der Waals surface area contributed by atoms with E-state index in [9.17, 15) is 0 Å². The Kier molecular flexibility index (Phi) is 5.15. The van der Waals surface area contributed by atoms with E-state index >= 15 is 0 Å². The van der Waals surface area contributed by atoms with E-state index in [0.717, 1.165) is 39.8 Å². The van der Waals surface area contributed by atoms with E-state index in [0.29, 0.717) is 6.67 Å². The van der Waals surface area contributed by atoms with Gasteiger partial charge < -0.3 is 4.57 Å². The minimum Gasteiger partial charge on any atom is -0.300 e. The molecular formula is C20H21N5S2. The zero-order valence-electron chi connectivity index (χ0n) is 15.4. The Bertz CT molecular complexity index is 1080. The molecular weight excluding hydrogens is 374 g/mol. The summed E-state index contributed by atoms with van der Waals surface area (Å²) in [6, 6.07) is 18.4. The lowest BCUT2D eigenvalue weighted by Crippen LogP contribution is -2.22. The van der Waals surface area contributed by atoms with Gasteiger partial charge in [-0.1, -0.05) is 42.5 Å². The highest BCUT2D eigenvalue weighted by molar-refractivity contribution is 7.71. The van der Waals surface area contributed by atoms with Crippen LogP contribution in [0.2, 0.25) is 0 Å². The summed E-state index contributed by atoms with van der Waals surface area (Å²) in [5.74, 6) is 0.913. The van der Waals surface area contributed by atoms with Crippen molar-refractivity contribution in [2.45, 2.75) is 26.7 Å². The molecule has 0 aliphatic rings. The van der Waals surface area contributed by atoms with Gasteiger partial charge in [0, 0.05) is 12.1 Å². The fraction of sp³-hybridized carbons (Fsp3) is 0.250. The second-order valence-corrected chi connectivity index (χ2v) is 7.93. The molecule has 0 aliphatic carbocycles. The first-order chi connectivity index (χ1) is 13.2. The summed E-state index contributed by atoms with van der Waals surface area (Å²) in [6.45, 7) is 4.28. The summed E-state index contributed by atoms with van der Waals surface area (Å²) >= 11 is 7.41. The lowest BCUT2D eigenvalue weighted by atomic mass is 10.2. The van der Waals surface area contributed by atoms with Gasteiger partial charge in [0.1, 0.15) is 5.01 Å². The summed E-state index contributed by atoms with van der Waals surface area (Å²) in [5.41, 5.74) is 2.14. The molecule has 0 radical (unpaired) electrons. The van der Waals surface area contributed by atoms with Gasteiger partial charge in [0.25, 0.3) is 0 Å². The molecule has 0 unspecified atom stereocenters. The van der Waals surface area contributed by atoms with Gasteiger partial charge in [-0.3, -0.25) is 4.90 Å². The van der Waals surface area contributed by atoms with Crippen molar-refractivity contribution in [1.29, 1.82) is 0 Å². The Morgan fingerprint density at radius 2 is 1.81 bits per heavy atom. The maximum absolute atomic E-state index is 5.67. The maximum atomic E-state index is 5.67. The van der Waals surface area contributed by atoms with Crippen LogP contribution < -0.4 is 0 Å². The maximum Gasteiger partial charge on any atom is 0.199 e. The number of nitrogens with zero attached hydrogens (tertiary/aromatic N) is 5. The lowest BCUT2D eigenvalue weighted by Gasteiger charge is -2.14. The molecule has 0 saturated carbocycles. The monoisotopic (exact) mass is 395 g/mol. The first-order valence-corrected chi connectivity index (χ1v) is 10.1. The highest BCUT2D eigenvalue weighted by Crippen LogP contribution is 2.23. The van der Waals surface area contributed by atoms with Gasteiger partial charge in [-0.15, -0.1) is 11.3 Å². The molecule has 5 nitrogen and oxygen atoms in total. The molecule has 0 saturated heterocycles. The van der Waals surface area contributed by atoms with Gasteiger partial charge in [0.2, 0.25) is 0 Å². The predicted molar refractivity (Wildman–Crippen MR) is 113 cm³/mol. The van der Waals surface area contributed by atoms with E-state index in [4.69, 9.17) is 22.3 Å². The summed E-state index contributed by atoms with van der Waals surface area (Å²) in [7, 11) is 2.07. The van der Waals surface area contributed by atoms with E-state index in [-0.39, 0.29) is 0 Å². The quantitative estimate of drug-likeness (QED) is 0.440. The minimum absolute atomic E-state index is 0.627. The number of rotatable bonds is 6. The molecule has 2 heterocycles. The lowest BCUT2D eigenvalue weighted by molar-refractivity contribution is 0.243. The van der Waals surface area contributed by atoms with Crippen molar-refractivity contribution in [3.8, 4) is 11.4 Å². The third-order valence-corrected chi connectivity index (χ3v) is 5.84. The number of hydrogen-bond donors (Lipinski definition) is 0. The van der Waals surface area contributed by atoms with E-state index < -0.39 is 0 Å². The first-order valence-electron chi connectivity index (χ1n) is 8.91.